The van der Waals surface area contributed by atoms with Crippen LogP contribution in [0.25, 0.3) is 0 Å². The number of esters is 1. The highest BCUT2D eigenvalue weighted by molar-refractivity contribution is 5.89. The Morgan fingerprint density at radius 3 is 2.38 bits per heavy atom. The minimum Gasteiger partial charge on any atom is -0.491 e. The zero-order valence-electron chi connectivity index (χ0n) is 10.0. The summed E-state index contributed by atoms with van der Waals surface area (Å²) in [6.45, 7) is 6.35. The van der Waals surface area contributed by atoms with E-state index in [-0.39, 0.29) is 12.1 Å². The van der Waals surface area contributed by atoms with E-state index in [1.165, 1.54) is 0 Å². The molecule has 0 aliphatic heterocycles. The second kappa shape index (κ2) is 6.16. The molecule has 1 rings (SSSR count). The van der Waals surface area contributed by atoms with Gasteiger partial charge in [0.25, 0.3) is 0 Å². The van der Waals surface area contributed by atoms with E-state index in [2.05, 4.69) is 0 Å². The molecule has 0 N–H and O–H groups in total. The highest BCUT2D eigenvalue weighted by Gasteiger charge is 2.06. The Labute approximate surface area is 96.4 Å². The average Bonchev–Trinajstić information content (AvgIpc) is 2.26. The summed E-state index contributed by atoms with van der Waals surface area (Å²) in [5, 5.41) is 0. The van der Waals surface area contributed by atoms with Crippen molar-refractivity contribution in [3.63, 3.8) is 0 Å². The summed E-state index contributed by atoms with van der Waals surface area (Å²) in [6, 6.07) is 7.00. The van der Waals surface area contributed by atoms with E-state index in [0.29, 0.717) is 12.2 Å². The molecule has 0 unspecified atom stereocenters. The van der Waals surface area contributed by atoms with Crippen LogP contribution in [0.4, 0.5) is 0 Å². The van der Waals surface area contributed by atoms with Gasteiger partial charge in [-0.25, -0.2) is 4.79 Å². The van der Waals surface area contributed by atoms with Gasteiger partial charge in [0.15, 0.2) is 0 Å². The summed E-state index contributed by atoms with van der Waals surface area (Å²) in [6.07, 6.45) is 0.971. The molecule has 16 heavy (non-hydrogen) atoms. The SMILES string of the molecule is CCCOC(=O)c1ccc(OC(C)C)cc1. The van der Waals surface area contributed by atoms with Crippen LogP contribution in [0.3, 0.4) is 0 Å². The molecule has 3 heteroatoms. The number of carbonyl (C=O) groups excluding carboxylic acids is 1. The molecule has 0 heterocycles. The van der Waals surface area contributed by atoms with Gasteiger partial charge in [0.1, 0.15) is 5.75 Å². The molecule has 0 radical (unpaired) electrons. The fraction of sp³-hybridized carbons (Fsp3) is 0.462. The van der Waals surface area contributed by atoms with Crippen molar-refractivity contribution in [1.29, 1.82) is 0 Å². The maximum atomic E-state index is 11.5. The molecule has 0 saturated carbocycles. The van der Waals surface area contributed by atoms with Crippen molar-refractivity contribution in [3.8, 4) is 5.75 Å². The van der Waals surface area contributed by atoms with Gasteiger partial charge in [-0.05, 0) is 44.5 Å². The molecule has 3 nitrogen and oxygen atoms in total. The molecular weight excluding hydrogens is 204 g/mol. The lowest BCUT2D eigenvalue weighted by molar-refractivity contribution is 0.0505. The van der Waals surface area contributed by atoms with Gasteiger partial charge in [-0.15, -0.1) is 0 Å². The maximum absolute atomic E-state index is 11.5. The van der Waals surface area contributed by atoms with Crippen LogP contribution in [0.2, 0.25) is 0 Å². The largest absolute Gasteiger partial charge is 0.491 e. The molecule has 0 aliphatic carbocycles. The van der Waals surface area contributed by atoms with Crippen molar-refractivity contribution in [2.45, 2.75) is 33.3 Å². The molecule has 88 valence electrons. The molecule has 0 bridgehead atoms. The van der Waals surface area contributed by atoms with Gasteiger partial charge < -0.3 is 9.47 Å². The number of ether oxygens (including phenoxy) is 2. The molecule has 0 fully saturated rings. The summed E-state index contributed by atoms with van der Waals surface area (Å²) in [4.78, 5) is 11.5. The number of benzene rings is 1. The summed E-state index contributed by atoms with van der Waals surface area (Å²) >= 11 is 0. The van der Waals surface area contributed by atoms with E-state index < -0.39 is 0 Å². The quantitative estimate of drug-likeness (QED) is 0.718. The van der Waals surface area contributed by atoms with E-state index in [1.807, 2.05) is 20.8 Å². The second-order valence-electron chi connectivity index (χ2n) is 3.83. The first kappa shape index (κ1) is 12.6. The van der Waals surface area contributed by atoms with Crippen molar-refractivity contribution >= 4 is 5.97 Å². The van der Waals surface area contributed by atoms with Gasteiger partial charge in [-0.3, -0.25) is 0 Å². The van der Waals surface area contributed by atoms with Crippen molar-refractivity contribution in [2.75, 3.05) is 6.61 Å². The molecule has 0 aromatic heterocycles. The third-order valence-corrected chi connectivity index (χ3v) is 1.90. The van der Waals surface area contributed by atoms with E-state index in [9.17, 15) is 4.79 Å². The van der Waals surface area contributed by atoms with Gasteiger partial charge in [0, 0.05) is 0 Å². The normalized spacial score (nSPS) is 10.2. The van der Waals surface area contributed by atoms with Crippen LogP contribution in [-0.2, 0) is 4.74 Å². The minimum atomic E-state index is -0.280. The monoisotopic (exact) mass is 222 g/mol. The van der Waals surface area contributed by atoms with Crippen LogP contribution in [0.1, 0.15) is 37.6 Å². The predicted octanol–water partition coefficient (Wildman–Crippen LogP) is 3.04. The Morgan fingerprint density at radius 1 is 1.25 bits per heavy atom. The molecule has 1 aromatic rings. The highest BCUT2D eigenvalue weighted by atomic mass is 16.5. The van der Waals surface area contributed by atoms with Crippen molar-refractivity contribution < 1.29 is 14.3 Å². The van der Waals surface area contributed by atoms with Crippen LogP contribution < -0.4 is 4.74 Å². The topological polar surface area (TPSA) is 35.5 Å². The molecular formula is C13H18O3. The number of hydrogen-bond acceptors (Lipinski definition) is 3. The first-order valence-corrected chi connectivity index (χ1v) is 5.57. The number of rotatable bonds is 5. The standard InChI is InChI=1S/C13H18O3/c1-4-9-15-13(14)11-5-7-12(8-6-11)16-10(2)3/h5-8,10H,4,9H2,1-3H3. The minimum absolute atomic E-state index is 0.137. The van der Waals surface area contributed by atoms with Gasteiger partial charge in [0.05, 0.1) is 18.3 Å². The van der Waals surface area contributed by atoms with Crippen LogP contribution in [0, 0.1) is 0 Å². The van der Waals surface area contributed by atoms with Crippen LogP contribution in [0.5, 0.6) is 5.75 Å². The van der Waals surface area contributed by atoms with Gasteiger partial charge in [-0.2, -0.15) is 0 Å². The Balaban J connectivity index is 2.60. The van der Waals surface area contributed by atoms with Gasteiger partial charge in [-0.1, -0.05) is 6.92 Å². The van der Waals surface area contributed by atoms with Crippen molar-refractivity contribution in [1.82, 2.24) is 0 Å². The third-order valence-electron chi connectivity index (χ3n) is 1.90. The molecule has 0 aliphatic rings. The van der Waals surface area contributed by atoms with E-state index in [4.69, 9.17) is 9.47 Å². The summed E-state index contributed by atoms with van der Waals surface area (Å²) in [7, 11) is 0. The molecule has 0 spiro atoms. The van der Waals surface area contributed by atoms with Gasteiger partial charge in [0.2, 0.25) is 0 Å². The van der Waals surface area contributed by atoms with Crippen LogP contribution in [0.15, 0.2) is 24.3 Å². The van der Waals surface area contributed by atoms with E-state index in [0.717, 1.165) is 12.2 Å². The Hall–Kier alpha value is -1.51. The van der Waals surface area contributed by atoms with E-state index in [1.54, 1.807) is 24.3 Å². The third kappa shape index (κ3) is 3.93. The van der Waals surface area contributed by atoms with Gasteiger partial charge >= 0.3 is 5.97 Å². The zero-order chi connectivity index (χ0) is 12.0. The lowest BCUT2D eigenvalue weighted by Gasteiger charge is -2.09. The van der Waals surface area contributed by atoms with Crippen molar-refractivity contribution in [2.24, 2.45) is 0 Å². The zero-order valence-corrected chi connectivity index (χ0v) is 10.0. The van der Waals surface area contributed by atoms with E-state index >= 15 is 0 Å². The lowest BCUT2D eigenvalue weighted by atomic mass is 10.2. The predicted molar refractivity (Wildman–Crippen MR) is 62.8 cm³/mol. The van der Waals surface area contributed by atoms with Crippen LogP contribution >= 0.6 is 0 Å². The molecule has 1 aromatic carbocycles. The average molecular weight is 222 g/mol. The van der Waals surface area contributed by atoms with Crippen molar-refractivity contribution in [3.05, 3.63) is 29.8 Å². The maximum Gasteiger partial charge on any atom is 0.338 e. The fourth-order valence-electron chi connectivity index (χ4n) is 1.22. The number of hydrogen-bond donors (Lipinski definition) is 0. The first-order valence-electron chi connectivity index (χ1n) is 5.57. The highest BCUT2D eigenvalue weighted by Crippen LogP contribution is 2.14. The second-order valence-corrected chi connectivity index (χ2v) is 3.83. The Morgan fingerprint density at radius 2 is 1.88 bits per heavy atom. The molecule has 0 saturated heterocycles. The smallest absolute Gasteiger partial charge is 0.338 e. The summed E-state index contributed by atoms with van der Waals surface area (Å²) in [5.74, 6) is 0.486. The Bertz CT molecular complexity index is 328. The summed E-state index contributed by atoms with van der Waals surface area (Å²) < 4.78 is 10.5. The summed E-state index contributed by atoms with van der Waals surface area (Å²) in [5.41, 5.74) is 0.560. The van der Waals surface area contributed by atoms with Crippen LogP contribution in [-0.4, -0.2) is 18.7 Å². The number of carbonyl (C=O) groups is 1. The lowest BCUT2D eigenvalue weighted by Crippen LogP contribution is -2.07. The first-order chi connectivity index (χ1) is 7.63. The molecule has 0 amide bonds. The fourth-order valence-corrected chi connectivity index (χ4v) is 1.22. The Kier molecular flexibility index (Phi) is 4.83. The molecule has 0 atom stereocenters.